The molecule has 0 saturated carbocycles. The summed E-state index contributed by atoms with van der Waals surface area (Å²) in [6.45, 7) is 2.36. The van der Waals surface area contributed by atoms with Gasteiger partial charge in [0.1, 0.15) is 0 Å². The first-order chi connectivity index (χ1) is 67.3. The number of para-hydroxylation sites is 6. The summed E-state index contributed by atoms with van der Waals surface area (Å²) in [5, 5.41) is 19.8. The van der Waals surface area contributed by atoms with Gasteiger partial charge in [0.15, 0.2) is 5.82 Å². The molecule has 10 heteroatoms. The first-order valence-corrected chi connectivity index (χ1v) is 49.2. The van der Waals surface area contributed by atoms with Gasteiger partial charge in [-0.1, -0.05) is 273 Å². The number of hydrogen-bond donors (Lipinski definition) is 0. The van der Waals surface area contributed by atoms with Crippen LogP contribution in [0.4, 0.5) is 11.5 Å². The van der Waals surface area contributed by atoms with Crippen molar-refractivity contribution >= 4 is 215 Å². The number of rotatable bonds is 11. The molecule has 0 radical (unpaired) electrons. The van der Waals surface area contributed by atoms with Gasteiger partial charge in [-0.25, -0.2) is 4.98 Å². The second kappa shape index (κ2) is 28.9. The fourth-order valence-electron chi connectivity index (χ4n) is 23.8. The Kier molecular flexibility index (Phi) is 16.1. The number of thiophene rings is 3. The lowest BCUT2D eigenvalue weighted by Crippen LogP contribution is -2.42. The summed E-state index contributed by atoms with van der Waals surface area (Å²) >= 11 is 5.62. The van der Waals surface area contributed by atoms with Crippen LogP contribution in [0.2, 0.25) is 0 Å². The van der Waals surface area contributed by atoms with E-state index in [9.17, 15) is 0 Å². The highest BCUT2D eigenvalue weighted by atomic mass is 32.1. The van der Waals surface area contributed by atoms with Crippen LogP contribution in [0.5, 0.6) is 0 Å². The summed E-state index contributed by atoms with van der Waals surface area (Å²) in [4.78, 5) is 7.73. The van der Waals surface area contributed by atoms with Crippen LogP contribution < -0.4 is 4.90 Å². The van der Waals surface area contributed by atoms with E-state index in [0.29, 0.717) is 0 Å². The van der Waals surface area contributed by atoms with Gasteiger partial charge >= 0.3 is 0 Å². The Balaban J connectivity index is 0.466. The molecule has 1 aliphatic carbocycles. The SMILES string of the molecule is CC12C=CC=CC1c1ccccc1N2c1nccc2c1sc1ccc(-n3c4ccccc4c4c(-c5cccc6c5c5ccccc5n6-c5ccc6c(c5)c5ccccc5n6-c5cccc(-c6cccc(-c7cccc8c7sc7cc(-c9cccc(-n%10c%11ccccc%11c%11cc(-c%12ccc%13c(c%12)c%12ccccc%12n%13-c%12cccc%13c%12sc%12ccccc%12%13)ccc%11%10)c9)ccc78)c6)c5)cccc43)cc12. The van der Waals surface area contributed by atoms with Gasteiger partial charge in [0.2, 0.25) is 0 Å². The first-order valence-electron chi connectivity index (χ1n) is 46.7. The number of benzene rings is 19. The van der Waals surface area contributed by atoms with Crippen molar-refractivity contribution in [2.45, 2.75) is 18.4 Å². The van der Waals surface area contributed by atoms with Crippen LogP contribution in [0, 0.1) is 0 Å². The summed E-state index contributed by atoms with van der Waals surface area (Å²) in [7, 11) is 0. The summed E-state index contributed by atoms with van der Waals surface area (Å²) in [6, 6.07) is 155. The number of anilines is 2. The van der Waals surface area contributed by atoms with Crippen molar-refractivity contribution in [1.29, 1.82) is 0 Å². The molecule has 0 saturated heterocycles. The molecule has 9 aromatic heterocycles. The lowest BCUT2D eigenvalue weighted by atomic mass is 9.80. The molecule has 0 spiro atoms. The summed E-state index contributed by atoms with van der Waals surface area (Å²) < 4.78 is 20.0. The molecule has 28 aromatic rings. The van der Waals surface area contributed by atoms with E-state index < -0.39 is 0 Å². The van der Waals surface area contributed by atoms with Crippen molar-refractivity contribution in [2.75, 3.05) is 4.90 Å². The fraction of sp³-hybridized carbons (Fsp3) is 0.0238. The van der Waals surface area contributed by atoms with E-state index in [-0.39, 0.29) is 11.5 Å². The van der Waals surface area contributed by atoms with E-state index >= 15 is 0 Å². The van der Waals surface area contributed by atoms with Crippen molar-refractivity contribution in [1.82, 2.24) is 27.8 Å². The van der Waals surface area contributed by atoms with Gasteiger partial charge in [0.05, 0.1) is 75.8 Å². The third kappa shape index (κ3) is 10.9. The molecule has 136 heavy (non-hydrogen) atoms. The third-order valence-electron chi connectivity index (χ3n) is 29.7. The van der Waals surface area contributed by atoms with E-state index in [0.717, 1.165) is 56.2 Å². The molecule has 19 aromatic carbocycles. The summed E-state index contributed by atoms with van der Waals surface area (Å²) in [5.41, 5.74) is 31.6. The zero-order valence-corrected chi connectivity index (χ0v) is 76.0. The zero-order chi connectivity index (χ0) is 88.9. The number of allylic oxidation sites excluding steroid dienone is 2. The summed E-state index contributed by atoms with van der Waals surface area (Å²) in [5.74, 6) is 1.23. The van der Waals surface area contributed by atoms with Crippen LogP contribution in [0.1, 0.15) is 18.4 Å². The van der Waals surface area contributed by atoms with Crippen molar-refractivity contribution < 1.29 is 0 Å². The minimum absolute atomic E-state index is 0.225. The normalized spacial score (nSPS) is 14.5. The Bertz CT molecular complexity index is 10200. The van der Waals surface area contributed by atoms with Gasteiger partial charge in [-0.3, -0.25) is 0 Å². The Hall–Kier alpha value is -16.7. The van der Waals surface area contributed by atoms with Gasteiger partial charge in [-0.2, -0.15) is 0 Å². The highest BCUT2D eigenvalue weighted by Gasteiger charge is 2.48. The van der Waals surface area contributed by atoms with Gasteiger partial charge in [0.25, 0.3) is 0 Å². The Morgan fingerprint density at radius 2 is 0.654 bits per heavy atom. The van der Waals surface area contributed by atoms with Gasteiger partial charge in [0, 0.05) is 146 Å². The van der Waals surface area contributed by atoms with Crippen LogP contribution in [-0.2, 0) is 0 Å². The topological polar surface area (TPSA) is 40.8 Å². The van der Waals surface area contributed by atoms with E-state index in [2.05, 4.69) is 471 Å². The maximum absolute atomic E-state index is 5.23. The molecular formula is C126H77N7S3. The lowest BCUT2D eigenvalue weighted by molar-refractivity contribution is 0.540. The quantitative estimate of drug-likeness (QED) is 0.129. The first kappa shape index (κ1) is 75.9. The molecule has 2 aliphatic rings. The standard InChI is InChI=1S/C126H77N7S3/c1-126-65-17-16-43-104(126)97-35-5-14-49-113(97)133(126)125-124-96(64-66-127-125)103-74-85(58-63-118(103)135-124)131-109-48-13-7-37-99(109)121-93(40-23-51-115(121)131)92-39-22-50-114-120(92)98-36-6-12-47-108(98)130(114)84-57-62-111-102(73-84)89-33-3-10-45-106(89)129(111)82-29-19-26-76(68-82)75-25-18-28-81(67-75)86-38-21-41-94-91-59-54-80(72-119(91)136-122(86)94)77-27-20-30-83(69-77)128-105-44-9-2-31-87(105)100-70-78(55-60-110(100)128)79-56-61-112-101(71-79)88-32-4-11-46-107(88)132(112)116-52-24-42-95-90-34-8-15-53-117(90)134-123(95)116/h2-74,104H,1H3. The van der Waals surface area contributed by atoms with E-state index in [1.807, 2.05) is 40.2 Å². The van der Waals surface area contributed by atoms with Crippen LogP contribution in [0.3, 0.4) is 0 Å². The molecule has 30 rings (SSSR count). The molecule has 2 unspecified atom stereocenters. The number of aromatic nitrogens is 6. The molecule has 0 fully saturated rings. The highest BCUT2D eigenvalue weighted by molar-refractivity contribution is 7.27. The van der Waals surface area contributed by atoms with Crippen LogP contribution in [0.25, 0.3) is 254 Å². The van der Waals surface area contributed by atoms with Crippen molar-refractivity contribution in [3.8, 4) is 84.1 Å². The maximum Gasteiger partial charge on any atom is 0.151 e. The Labute approximate surface area is 792 Å². The average molecular weight is 1790 g/mol. The molecule has 0 bridgehead atoms. The van der Waals surface area contributed by atoms with Crippen molar-refractivity contribution in [2.24, 2.45) is 0 Å². The molecule has 10 heterocycles. The van der Waals surface area contributed by atoms with Gasteiger partial charge in [-0.15, -0.1) is 34.0 Å². The zero-order valence-electron chi connectivity index (χ0n) is 73.6. The molecule has 1 aliphatic heterocycles. The lowest BCUT2D eigenvalue weighted by Gasteiger charge is -2.38. The fourth-order valence-corrected chi connectivity index (χ4v) is 27.4. The van der Waals surface area contributed by atoms with E-state index in [1.54, 1.807) is 0 Å². The largest absolute Gasteiger partial charge is 0.315 e. The smallest absolute Gasteiger partial charge is 0.151 e. The minimum Gasteiger partial charge on any atom is -0.315 e. The number of pyridine rings is 1. The van der Waals surface area contributed by atoms with Crippen LogP contribution >= 0.6 is 34.0 Å². The van der Waals surface area contributed by atoms with Crippen molar-refractivity contribution in [3.05, 3.63) is 449 Å². The number of hydrogen-bond acceptors (Lipinski definition) is 5. The minimum atomic E-state index is -0.291. The molecule has 7 nitrogen and oxygen atoms in total. The second-order valence-electron chi connectivity index (χ2n) is 36.9. The second-order valence-corrected chi connectivity index (χ2v) is 40.0. The maximum atomic E-state index is 5.23. The van der Waals surface area contributed by atoms with Crippen LogP contribution in [-0.4, -0.2) is 33.4 Å². The average Bonchev–Trinajstić information content (AvgIpc) is 1.57. The Morgan fingerprint density at radius 3 is 1.32 bits per heavy atom. The predicted octanol–water partition coefficient (Wildman–Crippen LogP) is 35.1. The van der Waals surface area contributed by atoms with Crippen molar-refractivity contribution in [3.63, 3.8) is 0 Å². The predicted molar refractivity (Wildman–Crippen MR) is 580 cm³/mol. The Morgan fingerprint density at radius 1 is 0.243 bits per heavy atom. The summed E-state index contributed by atoms with van der Waals surface area (Å²) in [6.07, 6.45) is 11.1. The molecule has 634 valence electrons. The molecule has 2 atom stereocenters. The molecular weight excluding hydrogens is 1710 g/mol. The van der Waals surface area contributed by atoms with Gasteiger partial charge in [-0.05, 0) is 232 Å². The van der Waals surface area contributed by atoms with Crippen LogP contribution in [0.15, 0.2) is 443 Å². The van der Waals surface area contributed by atoms with Gasteiger partial charge < -0.3 is 27.7 Å². The number of nitrogens with zero attached hydrogens (tertiary/aromatic N) is 7. The van der Waals surface area contributed by atoms with E-state index in [4.69, 9.17) is 4.98 Å². The monoisotopic (exact) mass is 1780 g/mol. The molecule has 0 N–H and O–H groups in total. The van der Waals surface area contributed by atoms with E-state index in [1.165, 1.54) is 214 Å². The highest BCUT2D eigenvalue weighted by Crippen LogP contribution is 2.57. The third-order valence-corrected chi connectivity index (χ3v) is 33.3. The number of fused-ring (bicyclic) bond motifs is 27. The molecule has 0 amide bonds.